The van der Waals surface area contributed by atoms with Gasteiger partial charge in [0.2, 0.25) is 0 Å². The molecule has 0 saturated carbocycles. The van der Waals surface area contributed by atoms with Crippen molar-refractivity contribution in [1.29, 1.82) is 0 Å². The first-order chi connectivity index (χ1) is 12.8. The minimum absolute atomic E-state index is 0.228. The molecule has 3 rings (SSSR count). The molecule has 0 atom stereocenters. The minimum Gasteiger partial charge on any atom is -0.505 e. The van der Waals surface area contributed by atoms with Crippen molar-refractivity contribution in [3.8, 4) is 16.9 Å². The van der Waals surface area contributed by atoms with Gasteiger partial charge in [-0.2, -0.15) is 0 Å². The Hall–Kier alpha value is -3.15. The van der Waals surface area contributed by atoms with Crippen molar-refractivity contribution in [3.05, 3.63) is 88.5 Å². The second-order valence-corrected chi connectivity index (χ2v) is 6.06. The summed E-state index contributed by atoms with van der Waals surface area (Å²) in [5.74, 6) is -5.27. The van der Waals surface area contributed by atoms with E-state index in [0.29, 0.717) is 11.1 Å². The van der Waals surface area contributed by atoms with Gasteiger partial charge in [-0.3, -0.25) is 4.79 Å². The largest absolute Gasteiger partial charge is 0.505 e. The molecule has 2 nitrogen and oxygen atoms in total. The smallest absolute Gasteiger partial charge is 0.171 e. The summed E-state index contributed by atoms with van der Waals surface area (Å²) >= 11 is 0. The third kappa shape index (κ3) is 3.56. The SMILES string of the molecule is Cc1c(-c2cccc(F)c2)ccc(F)c1C(=O)Cc1c(F)ccc(O)c1F. The van der Waals surface area contributed by atoms with Crippen molar-refractivity contribution in [1.82, 2.24) is 0 Å². The van der Waals surface area contributed by atoms with E-state index in [-0.39, 0.29) is 11.1 Å². The lowest BCUT2D eigenvalue weighted by Gasteiger charge is -2.13. The van der Waals surface area contributed by atoms with Crippen LogP contribution in [0.5, 0.6) is 5.75 Å². The first-order valence-corrected chi connectivity index (χ1v) is 8.03. The van der Waals surface area contributed by atoms with E-state index < -0.39 is 46.8 Å². The van der Waals surface area contributed by atoms with Crippen LogP contribution in [0.3, 0.4) is 0 Å². The molecule has 1 N–H and O–H groups in total. The molecule has 6 heteroatoms. The summed E-state index contributed by atoms with van der Waals surface area (Å²) in [6.07, 6.45) is -0.767. The summed E-state index contributed by atoms with van der Waals surface area (Å²) in [6, 6.07) is 9.69. The van der Waals surface area contributed by atoms with E-state index >= 15 is 0 Å². The quantitative estimate of drug-likeness (QED) is 0.494. The Morgan fingerprint density at radius 2 is 1.67 bits per heavy atom. The summed E-state index contributed by atoms with van der Waals surface area (Å²) < 4.78 is 55.6. The summed E-state index contributed by atoms with van der Waals surface area (Å²) in [6.45, 7) is 1.48. The number of ketones is 1. The average Bonchev–Trinajstić information content (AvgIpc) is 2.62. The first kappa shape index (κ1) is 18.6. The van der Waals surface area contributed by atoms with Gasteiger partial charge in [0, 0.05) is 12.0 Å². The van der Waals surface area contributed by atoms with Gasteiger partial charge in [0.05, 0.1) is 5.56 Å². The molecule has 3 aromatic carbocycles. The van der Waals surface area contributed by atoms with Crippen LogP contribution in [0.4, 0.5) is 17.6 Å². The minimum atomic E-state index is -1.26. The highest BCUT2D eigenvalue weighted by Crippen LogP contribution is 2.30. The van der Waals surface area contributed by atoms with E-state index in [9.17, 15) is 27.5 Å². The van der Waals surface area contributed by atoms with Gasteiger partial charge in [-0.15, -0.1) is 0 Å². The standard InChI is InChI=1S/C21H14F4O2/c1-11-14(12-3-2-4-13(22)9-12)5-6-17(24)20(11)19(27)10-15-16(23)7-8-18(26)21(15)25/h2-9,26H,10H2,1H3. The van der Waals surface area contributed by atoms with Gasteiger partial charge in [0.1, 0.15) is 17.5 Å². The first-order valence-electron chi connectivity index (χ1n) is 8.03. The van der Waals surface area contributed by atoms with Crippen LogP contribution in [-0.2, 0) is 6.42 Å². The molecule has 0 aliphatic heterocycles. The molecule has 3 aromatic rings. The third-order valence-electron chi connectivity index (χ3n) is 4.33. The van der Waals surface area contributed by atoms with Crippen molar-refractivity contribution in [2.75, 3.05) is 0 Å². The van der Waals surface area contributed by atoms with E-state index in [1.807, 2.05) is 0 Å². The second-order valence-electron chi connectivity index (χ2n) is 6.06. The van der Waals surface area contributed by atoms with Crippen LogP contribution in [0.2, 0.25) is 0 Å². The molecule has 0 aliphatic rings. The van der Waals surface area contributed by atoms with Crippen molar-refractivity contribution >= 4 is 5.78 Å². The number of rotatable bonds is 4. The van der Waals surface area contributed by atoms with Gasteiger partial charge < -0.3 is 5.11 Å². The Bertz CT molecular complexity index is 1040. The predicted octanol–water partition coefficient (Wildman–Crippen LogP) is 5.35. The molecular formula is C21H14F4O2. The maximum absolute atomic E-state index is 14.3. The summed E-state index contributed by atoms with van der Waals surface area (Å²) in [5, 5.41) is 9.37. The molecule has 0 amide bonds. The molecule has 0 radical (unpaired) electrons. The number of aromatic hydroxyl groups is 1. The zero-order valence-electron chi connectivity index (χ0n) is 14.2. The zero-order valence-corrected chi connectivity index (χ0v) is 14.2. The van der Waals surface area contributed by atoms with Gasteiger partial charge in [-0.1, -0.05) is 18.2 Å². The fourth-order valence-corrected chi connectivity index (χ4v) is 2.99. The van der Waals surface area contributed by atoms with Gasteiger partial charge >= 0.3 is 0 Å². The number of phenols is 1. The topological polar surface area (TPSA) is 37.3 Å². The zero-order chi connectivity index (χ0) is 19.7. The van der Waals surface area contributed by atoms with Gasteiger partial charge in [-0.25, -0.2) is 17.6 Å². The van der Waals surface area contributed by atoms with Crippen molar-refractivity contribution in [2.45, 2.75) is 13.3 Å². The molecule has 0 bridgehead atoms. The maximum Gasteiger partial charge on any atom is 0.171 e. The summed E-state index contributed by atoms with van der Waals surface area (Å²) in [4.78, 5) is 12.6. The van der Waals surface area contributed by atoms with Crippen LogP contribution in [0.25, 0.3) is 11.1 Å². The van der Waals surface area contributed by atoms with Crippen molar-refractivity contribution in [2.24, 2.45) is 0 Å². The fourth-order valence-electron chi connectivity index (χ4n) is 2.99. The number of benzene rings is 3. The number of carbonyl (C=O) groups excluding carboxylic acids is 1. The third-order valence-corrected chi connectivity index (χ3v) is 4.33. The van der Waals surface area contributed by atoms with Gasteiger partial charge in [-0.05, 0) is 53.9 Å². The molecule has 0 unspecified atom stereocenters. The maximum atomic E-state index is 14.3. The molecule has 0 fully saturated rings. The number of hydrogen-bond acceptors (Lipinski definition) is 2. The van der Waals surface area contributed by atoms with Gasteiger partial charge in [0.25, 0.3) is 0 Å². The van der Waals surface area contributed by atoms with Crippen LogP contribution in [0.1, 0.15) is 21.5 Å². The lowest BCUT2D eigenvalue weighted by atomic mass is 9.92. The molecule has 138 valence electrons. The molecule has 27 heavy (non-hydrogen) atoms. The van der Waals surface area contributed by atoms with Crippen LogP contribution >= 0.6 is 0 Å². The highest BCUT2D eigenvalue weighted by molar-refractivity contribution is 6.00. The normalized spacial score (nSPS) is 10.9. The Labute approximate surface area is 152 Å². The average molecular weight is 374 g/mol. The Balaban J connectivity index is 2.06. The molecule has 0 aromatic heterocycles. The van der Waals surface area contributed by atoms with Crippen molar-refractivity contribution in [3.63, 3.8) is 0 Å². The van der Waals surface area contributed by atoms with Crippen LogP contribution in [0, 0.1) is 30.2 Å². The van der Waals surface area contributed by atoms with Crippen LogP contribution in [0.15, 0.2) is 48.5 Å². The monoisotopic (exact) mass is 374 g/mol. The van der Waals surface area contributed by atoms with Crippen LogP contribution < -0.4 is 0 Å². The Morgan fingerprint density at radius 1 is 0.963 bits per heavy atom. The molecular weight excluding hydrogens is 360 g/mol. The van der Waals surface area contributed by atoms with E-state index in [2.05, 4.69) is 0 Å². The fraction of sp³-hybridized carbons (Fsp3) is 0.0952. The molecule has 0 heterocycles. The Kier molecular flexibility index (Phi) is 4.99. The lowest BCUT2D eigenvalue weighted by Crippen LogP contribution is -2.12. The summed E-state index contributed by atoms with van der Waals surface area (Å²) in [5.41, 5.74) is 0.118. The van der Waals surface area contributed by atoms with E-state index in [0.717, 1.165) is 18.2 Å². The molecule has 0 saturated heterocycles. The van der Waals surface area contributed by atoms with Crippen molar-refractivity contribution < 1.29 is 27.5 Å². The van der Waals surface area contributed by atoms with E-state index in [1.165, 1.54) is 31.2 Å². The molecule has 0 spiro atoms. The summed E-state index contributed by atoms with van der Waals surface area (Å²) in [7, 11) is 0. The number of halogens is 4. The molecule has 0 aliphatic carbocycles. The number of Topliss-reactive ketones (excluding diaryl/α,β-unsaturated/α-hetero) is 1. The second kappa shape index (κ2) is 7.23. The van der Waals surface area contributed by atoms with Crippen LogP contribution in [-0.4, -0.2) is 10.9 Å². The number of phenolic OH excluding ortho intramolecular Hbond substituents is 1. The number of hydrogen-bond donors (Lipinski definition) is 1. The Morgan fingerprint density at radius 3 is 2.37 bits per heavy atom. The lowest BCUT2D eigenvalue weighted by molar-refractivity contribution is 0.0986. The number of carbonyl (C=O) groups is 1. The highest BCUT2D eigenvalue weighted by Gasteiger charge is 2.22. The highest BCUT2D eigenvalue weighted by atomic mass is 19.1. The van der Waals surface area contributed by atoms with E-state index in [1.54, 1.807) is 6.07 Å². The predicted molar refractivity (Wildman–Crippen MR) is 92.6 cm³/mol. The van der Waals surface area contributed by atoms with E-state index in [4.69, 9.17) is 0 Å². The van der Waals surface area contributed by atoms with Gasteiger partial charge in [0.15, 0.2) is 17.3 Å².